The highest BCUT2D eigenvalue weighted by Gasteiger charge is 2.51. The smallest absolute Gasteiger partial charge is 0.252 e. The van der Waals surface area contributed by atoms with E-state index in [4.69, 9.17) is 0 Å². The first-order valence-corrected chi connectivity index (χ1v) is 15.8. The van der Waals surface area contributed by atoms with Crippen LogP contribution in [0, 0.1) is 11.8 Å². The lowest BCUT2D eigenvalue weighted by molar-refractivity contribution is -0.167. The Bertz CT molecular complexity index is 1680. The lowest BCUT2D eigenvalue weighted by Crippen LogP contribution is -2.68. The molecule has 0 bridgehead atoms. The van der Waals surface area contributed by atoms with Gasteiger partial charge in [-0.05, 0) is 60.6 Å². The minimum atomic E-state index is -0.946. The summed E-state index contributed by atoms with van der Waals surface area (Å²) >= 11 is 0. The highest BCUT2D eigenvalue weighted by atomic mass is 16.2. The molecule has 4 heterocycles. The van der Waals surface area contributed by atoms with Crippen LogP contribution in [0.1, 0.15) is 43.4 Å². The summed E-state index contributed by atoms with van der Waals surface area (Å²) in [5, 5.41) is 4.24. The molecule has 2 saturated heterocycles. The van der Waals surface area contributed by atoms with Crippen molar-refractivity contribution in [1.29, 1.82) is 0 Å². The number of nitrogens with one attached hydrogen (secondary N) is 2. The van der Waals surface area contributed by atoms with E-state index in [1.807, 2.05) is 57.3 Å². The highest BCUT2D eigenvalue weighted by Crippen LogP contribution is 2.41. The van der Waals surface area contributed by atoms with Gasteiger partial charge in [0.25, 0.3) is 11.8 Å². The van der Waals surface area contributed by atoms with Gasteiger partial charge in [0.1, 0.15) is 18.1 Å². The first-order valence-electron chi connectivity index (χ1n) is 15.8. The molecule has 5 atom stereocenters. The zero-order valence-corrected chi connectivity index (χ0v) is 25.5. The van der Waals surface area contributed by atoms with Crippen molar-refractivity contribution in [3.05, 3.63) is 77.5 Å². The fraction of sp³-hybridized carbons (Fsp3) is 0.429. The Balaban J connectivity index is 1.17. The Morgan fingerprint density at radius 2 is 1.82 bits per heavy atom. The molecule has 0 spiro atoms. The Kier molecular flexibility index (Phi) is 7.16. The quantitative estimate of drug-likeness (QED) is 0.457. The second kappa shape index (κ2) is 11.0. The third kappa shape index (κ3) is 4.65. The molecule has 0 radical (unpaired) electrons. The fourth-order valence-electron chi connectivity index (χ4n) is 7.72. The number of aromatic nitrogens is 1. The molecule has 0 saturated carbocycles. The molecule has 4 amide bonds. The molecule has 1 aliphatic carbocycles. The summed E-state index contributed by atoms with van der Waals surface area (Å²) in [5.74, 6) is -2.06. The van der Waals surface area contributed by atoms with E-state index in [1.54, 1.807) is 4.90 Å². The van der Waals surface area contributed by atoms with Crippen molar-refractivity contribution < 1.29 is 19.2 Å². The molecule has 9 nitrogen and oxygen atoms in total. The Labute approximate surface area is 257 Å². The molecule has 2 N–H and O–H groups in total. The summed E-state index contributed by atoms with van der Waals surface area (Å²) in [6.45, 7) is 4.77. The van der Waals surface area contributed by atoms with Crippen molar-refractivity contribution in [1.82, 2.24) is 25.0 Å². The van der Waals surface area contributed by atoms with Crippen molar-refractivity contribution in [2.45, 2.75) is 63.7 Å². The number of fused-ring (bicyclic) bond motifs is 3. The Morgan fingerprint density at radius 3 is 2.59 bits per heavy atom. The van der Waals surface area contributed by atoms with Gasteiger partial charge in [-0.1, -0.05) is 62.4 Å². The van der Waals surface area contributed by atoms with E-state index in [-0.39, 0.29) is 36.1 Å². The molecule has 3 aliphatic heterocycles. The minimum absolute atomic E-state index is 0.167. The molecular formula is C35H39N5O4. The number of benzene rings is 2. The maximum atomic E-state index is 14.3. The van der Waals surface area contributed by atoms with E-state index >= 15 is 0 Å². The standard InChI is InChI=1S/C35H39N5O4/c1-20(2)31(35(44)40-29(15-21-9-5-4-6-10-21)33(42)39-14-8-13-27(39)34(40)43)37-32(41)23-16-25-24-11-7-12-26-30(24)22(18-36-26)17-28(25)38(3)19-23/h4-7,9-12,16,18,20,23,27-29,31,36H,8,13-15,17,19H2,1-3H3,(H,37,41)/t23-,27+,28+,29-,31-/m0/s1. The molecular weight excluding hydrogens is 554 g/mol. The maximum Gasteiger partial charge on any atom is 0.252 e. The number of amides is 4. The predicted octanol–water partition coefficient (Wildman–Crippen LogP) is 3.15. The van der Waals surface area contributed by atoms with Gasteiger partial charge in [0.2, 0.25) is 11.8 Å². The topological polar surface area (TPSA) is 106 Å². The van der Waals surface area contributed by atoms with Gasteiger partial charge in [0.15, 0.2) is 0 Å². The highest BCUT2D eigenvalue weighted by molar-refractivity contribution is 6.09. The lowest BCUT2D eigenvalue weighted by Gasteiger charge is -2.43. The van der Waals surface area contributed by atoms with Gasteiger partial charge in [-0.3, -0.25) is 29.0 Å². The molecule has 7 rings (SSSR count). The van der Waals surface area contributed by atoms with Crippen molar-refractivity contribution in [2.24, 2.45) is 11.8 Å². The second-order valence-electron chi connectivity index (χ2n) is 13.1. The van der Waals surface area contributed by atoms with E-state index in [0.29, 0.717) is 19.5 Å². The van der Waals surface area contributed by atoms with E-state index < -0.39 is 30.0 Å². The molecule has 9 heteroatoms. The summed E-state index contributed by atoms with van der Waals surface area (Å²) in [6.07, 6.45) is 6.54. The number of likely N-dealkylation sites (N-methyl/N-ethyl adjacent to an activating group) is 1. The normalized spacial score (nSPS) is 25.6. The van der Waals surface area contributed by atoms with Gasteiger partial charge >= 0.3 is 0 Å². The van der Waals surface area contributed by atoms with Crippen molar-refractivity contribution in [3.8, 4) is 0 Å². The minimum Gasteiger partial charge on any atom is -0.361 e. The van der Waals surface area contributed by atoms with Gasteiger partial charge in [0.05, 0.1) is 5.92 Å². The molecule has 2 aromatic carbocycles. The van der Waals surface area contributed by atoms with Crippen LogP contribution in [0.15, 0.2) is 60.8 Å². The van der Waals surface area contributed by atoms with E-state index in [2.05, 4.69) is 39.6 Å². The molecule has 2 fully saturated rings. The number of hydrogen-bond acceptors (Lipinski definition) is 5. The number of aromatic amines is 1. The number of nitrogens with zero attached hydrogens (tertiary/aromatic N) is 3. The van der Waals surface area contributed by atoms with E-state index in [1.165, 1.54) is 15.8 Å². The van der Waals surface area contributed by atoms with Gasteiger partial charge in [-0.15, -0.1) is 0 Å². The lowest BCUT2D eigenvalue weighted by atomic mass is 9.79. The number of imide groups is 1. The average Bonchev–Trinajstić information content (AvgIpc) is 3.68. The van der Waals surface area contributed by atoms with Crippen LogP contribution in [0.25, 0.3) is 16.5 Å². The summed E-state index contributed by atoms with van der Waals surface area (Å²) in [5.41, 5.74) is 5.51. The molecule has 44 heavy (non-hydrogen) atoms. The summed E-state index contributed by atoms with van der Waals surface area (Å²) in [7, 11) is 2.04. The number of H-pyrrole nitrogens is 1. The third-order valence-corrected chi connectivity index (χ3v) is 10.00. The van der Waals surface area contributed by atoms with Crippen molar-refractivity contribution in [2.75, 3.05) is 20.1 Å². The van der Waals surface area contributed by atoms with Crippen LogP contribution in [-0.2, 0) is 32.0 Å². The zero-order chi connectivity index (χ0) is 30.7. The molecule has 3 aromatic rings. The SMILES string of the molecule is CC(C)[C@H](NC(=O)[C@H]1C=C2c3cccc4[nH]cc(c34)C[C@H]2N(C)C1)C(=O)N1C(=O)[C@H]2CCCN2C(=O)[C@@H]1Cc1ccccc1. The van der Waals surface area contributed by atoms with Gasteiger partial charge < -0.3 is 15.2 Å². The zero-order valence-electron chi connectivity index (χ0n) is 25.5. The monoisotopic (exact) mass is 593 g/mol. The van der Waals surface area contributed by atoms with E-state index in [0.717, 1.165) is 35.1 Å². The molecule has 1 aromatic heterocycles. The number of hydrogen-bond donors (Lipinski definition) is 2. The van der Waals surface area contributed by atoms with Crippen LogP contribution in [0.2, 0.25) is 0 Å². The van der Waals surface area contributed by atoms with Crippen LogP contribution < -0.4 is 5.32 Å². The number of rotatable bonds is 6. The number of piperazine rings is 1. The molecule has 4 aliphatic rings. The summed E-state index contributed by atoms with van der Waals surface area (Å²) in [4.78, 5) is 64.3. The van der Waals surface area contributed by atoms with Crippen molar-refractivity contribution >= 4 is 40.1 Å². The predicted molar refractivity (Wildman–Crippen MR) is 167 cm³/mol. The Hall–Kier alpha value is -4.24. The van der Waals surface area contributed by atoms with E-state index in [9.17, 15) is 19.2 Å². The van der Waals surface area contributed by atoms with Gasteiger partial charge in [0, 0.05) is 42.7 Å². The number of carbonyl (C=O) groups is 4. The average molecular weight is 594 g/mol. The maximum absolute atomic E-state index is 14.3. The second-order valence-corrected chi connectivity index (χ2v) is 13.1. The number of carbonyl (C=O) groups excluding carboxylic acids is 4. The largest absolute Gasteiger partial charge is 0.361 e. The molecule has 0 unspecified atom stereocenters. The van der Waals surface area contributed by atoms with Gasteiger partial charge in [-0.2, -0.15) is 0 Å². The van der Waals surface area contributed by atoms with Crippen molar-refractivity contribution in [3.63, 3.8) is 0 Å². The van der Waals surface area contributed by atoms with Crippen LogP contribution in [0.3, 0.4) is 0 Å². The van der Waals surface area contributed by atoms with Crippen LogP contribution >= 0.6 is 0 Å². The Morgan fingerprint density at radius 1 is 1.02 bits per heavy atom. The summed E-state index contributed by atoms with van der Waals surface area (Å²) in [6, 6.07) is 13.4. The molecule has 228 valence electrons. The first kappa shape index (κ1) is 28.5. The fourth-order valence-corrected chi connectivity index (χ4v) is 7.72. The van der Waals surface area contributed by atoms with Crippen LogP contribution in [-0.4, -0.2) is 87.6 Å². The van der Waals surface area contributed by atoms with Crippen LogP contribution in [0.4, 0.5) is 0 Å². The third-order valence-electron chi connectivity index (χ3n) is 10.00. The summed E-state index contributed by atoms with van der Waals surface area (Å²) < 4.78 is 0. The van der Waals surface area contributed by atoms with Crippen LogP contribution in [0.5, 0.6) is 0 Å². The van der Waals surface area contributed by atoms with Gasteiger partial charge in [-0.25, -0.2) is 0 Å². The first-order chi connectivity index (χ1) is 21.2.